The Morgan fingerprint density at radius 1 is 0.724 bits per heavy atom. The van der Waals surface area contributed by atoms with Crippen molar-refractivity contribution >= 4 is 47.2 Å². The van der Waals surface area contributed by atoms with E-state index >= 15 is 0 Å². The van der Waals surface area contributed by atoms with E-state index in [2.05, 4.69) is 16.0 Å². The number of alkyl halides is 6. The highest BCUT2D eigenvalue weighted by atomic mass is 19.4. The first-order chi connectivity index (χ1) is 26.8. The molecule has 0 bridgehead atoms. The number of rotatable bonds is 17. The number of esters is 1. The molecule has 0 aromatic rings. The number of carbonyl (C=O) groups is 8. The van der Waals surface area contributed by atoms with Gasteiger partial charge in [0.05, 0.1) is 33.3 Å². The third kappa shape index (κ3) is 20.2. The van der Waals surface area contributed by atoms with Crippen molar-refractivity contribution < 1.29 is 79.6 Å². The van der Waals surface area contributed by atoms with Gasteiger partial charge in [-0.15, -0.1) is 0 Å². The van der Waals surface area contributed by atoms with Crippen LogP contribution in [0.3, 0.4) is 0 Å². The Hall–Kier alpha value is -5.26. The van der Waals surface area contributed by atoms with E-state index in [-0.39, 0.29) is 61.4 Å². The second-order valence-electron chi connectivity index (χ2n) is 13.2. The molecule has 9 N–H and O–H groups in total. The fraction of sp³-hybridized carbons (Fsp3) is 0.647. The molecule has 0 radical (unpaired) electrons. The fourth-order valence-electron chi connectivity index (χ4n) is 5.19. The lowest BCUT2D eigenvalue weighted by atomic mass is 10.00. The van der Waals surface area contributed by atoms with Gasteiger partial charge in [-0.25, -0.2) is 14.4 Å². The molecule has 18 nitrogen and oxygen atoms in total. The summed E-state index contributed by atoms with van der Waals surface area (Å²) in [6.07, 6.45) is -3.83. The molecule has 2 aliphatic rings. The minimum atomic E-state index is -5.08. The Bertz CT molecular complexity index is 1500. The zero-order valence-corrected chi connectivity index (χ0v) is 32.3. The highest BCUT2D eigenvalue weighted by molar-refractivity contribution is 5.99. The number of unbranched alkanes of at least 4 members (excludes halogenated alkanes) is 2. The van der Waals surface area contributed by atoms with Crippen LogP contribution in [0.4, 0.5) is 26.3 Å². The van der Waals surface area contributed by atoms with Crippen LogP contribution in [0.2, 0.25) is 0 Å². The van der Waals surface area contributed by atoms with E-state index in [9.17, 15) is 55.1 Å². The Morgan fingerprint density at radius 2 is 1.12 bits per heavy atom. The number of halogens is 6. The van der Waals surface area contributed by atoms with Crippen molar-refractivity contribution in [3.8, 4) is 0 Å². The minimum Gasteiger partial charge on any atom is -0.475 e. The summed E-state index contributed by atoms with van der Waals surface area (Å²) in [4.78, 5) is 97.1. The molecule has 0 aromatic heterocycles. The normalized spacial score (nSPS) is 15.9. The van der Waals surface area contributed by atoms with Crippen molar-refractivity contribution in [2.45, 2.75) is 89.8 Å². The molecular weight excluding hydrogens is 796 g/mol. The maximum Gasteiger partial charge on any atom is 0.490 e. The quantitative estimate of drug-likeness (QED) is 0.0591. The summed E-state index contributed by atoms with van der Waals surface area (Å²) in [5.74, 6) is -7.98. The van der Waals surface area contributed by atoms with Crippen molar-refractivity contribution in [3.05, 3.63) is 23.5 Å². The predicted octanol–water partition coefficient (Wildman–Crippen LogP) is 0.352. The lowest BCUT2D eigenvalue weighted by molar-refractivity contribution is -0.193. The lowest BCUT2D eigenvalue weighted by Gasteiger charge is -2.36. The van der Waals surface area contributed by atoms with Crippen LogP contribution in [0.1, 0.15) is 59.3 Å². The topological polar surface area (TPSA) is 281 Å². The monoisotopic (exact) mass is 847 g/mol. The number of ketones is 2. The van der Waals surface area contributed by atoms with Crippen molar-refractivity contribution in [1.82, 2.24) is 25.8 Å². The highest BCUT2D eigenvalue weighted by Gasteiger charge is 2.39. The number of hydrogen-bond acceptors (Lipinski definition) is 13. The van der Waals surface area contributed by atoms with Crippen LogP contribution in [0.25, 0.3) is 0 Å². The molecule has 0 aromatic carbocycles. The third-order valence-electron chi connectivity index (χ3n) is 7.88. The first-order valence-corrected chi connectivity index (χ1v) is 17.7. The zero-order valence-electron chi connectivity index (χ0n) is 32.3. The molecule has 2 rings (SSSR count). The molecule has 58 heavy (non-hydrogen) atoms. The van der Waals surface area contributed by atoms with E-state index in [0.717, 1.165) is 6.42 Å². The number of nitrogens with one attached hydrogen (secondary N) is 3. The van der Waals surface area contributed by atoms with Gasteiger partial charge < -0.3 is 52.2 Å². The number of ether oxygens (including phenoxy) is 1. The summed E-state index contributed by atoms with van der Waals surface area (Å²) in [6.45, 7) is 5.76. The lowest BCUT2D eigenvalue weighted by Crippen LogP contribution is -2.56. The average Bonchev–Trinajstić information content (AvgIpc) is 3.11. The molecule has 330 valence electrons. The van der Waals surface area contributed by atoms with Gasteiger partial charge in [0.25, 0.3) is 0 Å². The van der Waals surface area contributed by atoms with Crippen LogP contribution in [0.5, 0.6) is 0 Å². The smallest absolute Gasteiger partial charge is 0.475 e. The van der Waals surface area contributed by atoms with Crippen LogP contribution in [0, 0.1) is 5.92 Å². The highest BCUT2D eigenvalue weighted by Crippen LogP contribution is 2.18. The summed E-state index contributed by atoms with van der Waals surface area (Å²) in [7, 11) is 1.29. The van der Waals surface area contributed by atoms with Gasteiger partial charge in [-0.1, -0.05) is 13.8 Å². The maximum absolute atomic E-state index is 13.8. The molecule has 0 fully saturated rings. The number of nitrogens with two attached hydrogens (primary N) is 2. The van der Waals surface area contributed by atoms with Gasteiger partial charge in [0, 0.05) is 30.5 Å². The molecule has 0 unspecified atom stereocenters. The number of carbonyl (C=O) groups excluding carboxylic acids is 6. The summed E-state index contributed by atoms with van der Waals surface area (Å²) < 4.78 is 68.4. The zero-order chi connectivity index (χ0) is 45.0. The van der Waals surface area contributed by atoms with E-state index in [1.165, 1.54) is 36.0 Å². The van der Waals surface area contributed by atoms with Crippen LogP contribution in [-0.4, -0.2) is 144 Å². The van der Waals surface area contributed by atoms with Crippen LogP contribution >= 0.6 is 0 Å². The molecule has 0 spiro atoms. The van der Waals surface area contributed by atoms with Crippen molar-refractivity contribution in [3.63, 3.8) is 0 Å². The first kappa shape index (κ1) is 52.7. The van der Waals surface area contributed by atoms with E-state index in [1.54, 1.807) is 0 Å². The predicted molar refractivity (Wildman–Crippen MR) is 191 cm³/mol. The number of hydrogen-bond donors (Lipinski definition) is 7. The Labute approximate surface area is 329 Å². The Morgan fingerprint density at radius 3 is 1.48 bits per heavy atom. The molecule has 24 heteroatoms. The fourth-order valence-corrected chi connectivity index (χ4v) is 5.19. The summed E-state index contributed by atoms with van der Waals surface area (Å²) in [5, 5.41) is 23.1. The Kier molecular flexibility index (Phi) is 22.9. The molecule has 0 saturated heterocycles. The summed E-state index contributed by atoms with van der Waals surface area (Å²) in [6, 6.07) is -2.30. The number of amides is 3. The first-order valence-electron chi connectivity index (χ1n) is 17.7. The standard InChI is InChI=1S/C30H49N7O7.2C2HF3O2/c1-19(2)27(29(42)37-15-21(13-23(39)18-37)34-26(30(43)44-4)10-6-8-12-32)35-22-14-24(40)17-36(16-22)28(41)25(33-20(3)38)9-5-7-11-31;2*3-2(4,5)1(6)7/h13-14,19,25-27,34-35H,5-12,15-18,31-32H2,1-4H3,(H,33,38);2*(H,6,7)/t25-,26-,27+;;/m0../s1. The maximum atomic E-state index is 13.8. The number of carboxylic acid groups (broad SMARTS) is 2. The Balaban J connectivity index is 0.00000197. The van der Waals surface area contributed by atoms with Gasteiger partial charge >= 0.3 is 30.3 Å². The van der Waals surface area contributed by atoms with Gasteiger partial charge in [0.2, 0.25) is 17.7 Å². The summed E-state index contributed by atoms with van der Waals surface area (Å²) >= 11 is 0. The number of carboxylic acids is 2. The van der Waals surface area contributed by atoms with Crippen molar-refractivity contribution in [2.24, 2.45) is 17.4 Å². The second-order valence-corrected chi connectivity index (χ2v) is 13.2. The van der Waals surface area contributed by atoms with E-state index in [1.807, 2.05) is 13.8 Å². The molecule has 0 aliphatic carbocycles. The average molecular weight is 848 g/mol. The molecule has 0 saturated carbocycles. The second kappa shape index (κ2) is 25.2. The SMILES string of the molecule is COC(=O)[C@H](CCCCN)NC1=CC(=O)CN(C(=O)[C@H](NC2=CC(=O)CN(C(=O)[C@H](CCCCN)NC(C)=O)C2)C(C)C)C1.O=C(O)C(F)(F)F.O=C(O)C(F)(F)F. The third-order valence-corrected chi connectivity index (χ3v) is 7.88. The van der Waals surface area contributed by atoms with Gasteiger partial charge in [-0.3, -0.25) is 24.0 Å². The van der Waals surface area contributed by atoms with E-state index < -0.39 is 48.4 Å². The van der Waals surface area contributed by atoms with Gasteiger partial charge in [-0.05, 0) is 57.5 Å². The van der Waals surface area contributed by atoms with Crippen molar-refractivity contribution in [1.29, 1.82) is 0 Å². The van der Waals surface area contributed by atoms with Gasteiger partial charge in [0.15, 0.2) is 11.6 Å². The molecule has 3 atom stereocenters. The summed E-state index contributed by atoms with van der Waals surface area (Å²) in [5.41, 5.74) is 12.0. The van der Waals surface area contributed by atoms with Crippen LogP contribution in [0.15, 0.2) is 23.5 Å². The van der Waals surface area contributed by atoms with Crippen LogP contribution < -0.4 is 27.4 Å². The molecule has 3 amide bonds. The number of nitrogens with zero attached hydrogens (tertiary/aromatic N) is 2. The van der Waals surface area contributed by atoms with Crippen molar-refractivity contribution in [2.75, 3.05) is 46.4 Å². The van der Waals surface area contributed by atoms with Gasteiger partial charge in [0.1, 0.15) is 18.1 Å². The molecular formula is C34H51F6N7O11. The molecule has 2 heterocycles. The van der Waals surface area contributed by atoms with E-state index in [4.69, 9.17) is 36.0 Å². The largest absolute Gasteiger partial charge is 0.490 e. The number of aliphatic carboxylic acids is 2. The minimum absolute atomic E-state index is 0.0449. The van der Waals surface area contributed by atoms with E-state index in [0.29, 0.717) is 56.6 Å². The number of methoxy groups -OCH3 is 1. The van der Waals surface area contributed by atoms with Gasteiger partial charge in [-0.2, -0.15) is 26.3 Å². The van der Waals surface area contributed by atoms with Crippen LogP contribution in [-0.2, 0) is 43.1 Å². The molecule has 2 aliphatic heterocycles.